The van der Waals surface area contributed by atoms with Crippen LogP contribution in [0.15, 0.2) is 54.6 Å². The van der Waals surface area contributed by atoms with E-state index in [9.17, 15) is 19.2 Å². The minimum Gasteiger partial charge on any atom is -0.348 e. The van der Waals surface area contributed by atoms with Crippen molar-refractivity contribution in [3.8, 4) is 0 Å². The van der Waals surface area contributed by atoms with Gasteiger partial charge in [-0.05, 0) is 36.6 Å². The van der Waals surface area contributed by atoms with Gasteiger partial charge in [-0.2, -0.15) is 0 Å². The average molecular weight is 428 g/mol. The highest BCUT2D eigenvalue weighted by atomic mass is 35.5. The Morgan fingerprint density at radius 3 is 2.20 bits per heavy atom. The molecule has 0 saturated carbocycles. The second-order valence-corrected chi connectivity index (χ2v) is 7.45. The minimum absolute atomic E-state index is 0.308. The number of benzene rings is 2. The van der Waals surface area contributed by atoms with E-state index in [1.807, 2.05) is 13.0 Å². The third-order valence-electron chi connectivity index (χ3n) is 5.07. The maximum absolute atomic E-state index is 12.8. The van der Waals surface area contributed by atoms with Crippen molar-refractivity contribution in [1.29, 1.82) is 0 Å². The summed E-state index contributed by atoms with van der Waals surface area (Å²) in [4.78, 5) is 51.7. The summed E-state index contributed by atoms with van der Waals surface area (Å²) in [6, 6.07) is 14.2. The third-order valence-corrected chi connectivity index (χ3v) is 5.32. The molecule has 0 bridgehead atoms. The molecule has 5 amide bonds. The maximum atomic E-state index is 12.8. The smallest absolute Gasteiger partial charge is 0.335 e. The average Bonchev–Trinajstić information content (AvgIpc) is 2.96. The van der Waals surface area contributed by atoms with Gasteiger partial charge < -0.3 is 5.32 Å². The van der Waals surface area contributed by atoms with Crippen LogP contribution in [0.5, 0.6) is 0 Å². The SMILES string of the molecule is CC[C@@H](NC(=O)CN1C(=O)C(=O)N([C@@H](C)c2ccccc2)C1=O)c1ccc(Cl)cc1. The van der Waals surface area contributed by atoms with Crippen molar-refractivity contribution in [2.75, 3.05) is 6.54 Å². The fraction of sp³-hybridized carbons (Fsp3) is 0.273. The Morgan fingerprint density at radius 1 is 0.967 bits per heavy atom. The number of rotatable bonds is 7. The number of hydrogen-bond acceptors (Lipinski definition) is 4. The lowest BCUT2D eigenvalue weighted by molar-refractivity contribution is -0.144. The van der Waals surface area contributed by atoms with Crippen LogP contribution in [0, 0.1) is 0 Å². The summed E-state index contributed by atoms with van der Waals surface area (Å²) in [6.07, 6.45) is 0.603. The summed E-state index contributed by atoms with van der Waals surface area (Å²) in [6.45, 7) is 3.04. The molecule has 30 heavy (non-hydrogen) atoms. The molecule has 3 rings (SSSR count). The van der Waals surface area contributed by atoms with Crippen LogP contribution in [0.25, 0.3) is 0 Å². The van der Waals surface area contributed by atoms with Crippen LogP contribution in [-0.4, -0.2) is 40.1 Å². The van der Waals surface area contributed by atoms with Crippen molar-refractivity contribution in [3.05, 3.63) is 70.7 Å². The second kappa shape index (κ2) is 9.09. The van der Waals surface area contributed by atoms with Crippen LogP contribution < -0.4 is 5.32 Å². The Hall–Kier alpha value is -3.19. The molecule has 1 aliphatic heterocycles. The molecule has 1 N–H and O–H groups in total. The summed E-state index contributed by atoms with van der Waals surface area (Å²) in [5.74, 6) is -2.47. The lowest BCUT2D eigenvalue weighted by atomic mass is 10.0. The van der Waals surface area contributed by atoms with Gasteiger partial charge in [0.25, 0.3) is 0 Å². The van der Waals surface area contributed by atoms with E-state index in [1.54, 1.807) is 55.5 Å². The Labute approximate surface area is 179 Å². The van der Waals surface area contributed by atoms with E-state index in [2.05, 4.69) is 5.32 Å². The van der Waals surface area contributed by atoms with E-state index in [4.69, 9.17) is 11.6 Å². The number of nitrogens with zero attached hydrogens (tertiary/aromatic N) is 2. The molecule has 1 saturated heterocycles. The molecule has 0 radical (unpaired) electrons. The lowest BCUT2D eigenvalue weighted by Gasteiger charge is -2.23. The number of carbonyl (C=O) groups is 4. The van der Waals surface area contributed by atoms with Crippen LogP contribution in [0.1, 0.15) is 43.5 Å². The number of nitrogens with one attached hydrogen (secondary N) is 1. The van der Waals surface area contributed by atoms with E-state index in [0.717, 1.165) is 10.5 Å². The van der Waals surface area contributed by atoms with E-state index >= 15 is 0 Å². The van der Waals surface area contributed by atoms with Crippen molar-refractivity contribution in [2.24, 2.45) is 0 Å². The molecule has 1 fully saturated rings. The van der Waals surface area contributed by atoms with Gasteiger partial charge in [-0.3, -0.25) is 14.4 Å². The monoisotopic (exact) mass is 427 g/mol. The van der Waals surface area contributed by atoms with Gasteiger partial charge in [0.15, 0.2) is 0 Å². The molecule has 0 aliphatic carbocycles. The molecule has 0 unspecified atom stereocenters. The second-order valence-electron chi connectivity index (χ2n) is 7.02. The minimum atomic E-state index is -1.00. The van der Waals surface area contributed by atoms with Gasteiger partial charge in [0.2, 0.25) is 5.91 Å². The molecular weight excluding hydrogens is 406 g/mol. The third kappa shape index (κ3) is 4.36. The largest absolute Gasteiger partial charge is 0.348 e. The number of carbonyl (C=O) groups excluding carboxylic acids is 4. The van der Waals surface area contributed by atoms with Crippen LogP contribution in [0.2, 0.25) is 5.02 Å². The highest BCUT2D eigenvalue weighted by molar-refractivity contribution is 6.45. The fourth-order valence-electron chi connectivity index (χ4n) is 3.38. The van der Waals surface area contributed by atoms with Gasteiger partial charge in [-0.1, -0.05) is 61.0 Å². The first-order valence-electron chi connectivity index (χ1n) is 9.62. The molecule has 156 valence electrons. The number of hydrogen-bond donors (Lipinski definition) is 1. The molecule has 2 aromatic rings. The molecule has 2 aromatic carbocycles. The van der Waals surface area contributed by atoms with Crippen molar-refractivity contribution < 1.29 is 19.2 Å². The zero-order valence-corrected chi connectivity index (χ0v) is 17.4. The number of halogens is 1. The molecule has 2 atom stereocenters. The number of urea groups is 1. The van der Waals surface area contributed by atoms with Crippen molar-refractivity contribution in [1.82, 2.24) is 15.1 Å². The van der Waals surface area contributed by atoms with E-state index in [-0.39, 0.29) is 6.04 Å². The molecule has 0 spiro atoms. The maximum Gasteiger partial charge on any atom is 0.335 e. The summed E-state index contributed by atoms with van der Waals surface area (Å²) in [5, 5.41) is 3.39. The van der Waals surface area contributed by atoms with E-state index in [0.29, 0.717) is 21.9 Å². The van der Waals surface area contributed by atoms with Gasteiger partial charge in [0.1, 0.15) is 6.54 Å². The predicted octanol–water partition coefficient (Wildman–Crippen LogP) is 3.46. The highest BCUT2D eigenvalue weighted by Gasteiger charge is 2.47. The molecule has 1 heterocycles. The molecule has 0 aromatic heterocycles. The Kier molecular flexibility index (Phi) is 6.52. The summed E-state index contributed by atoms with van der Waals surface area (Å²) in [7, 11) is 0. The number of amides is 5. The zero-order chi connectivity index (χ0) is 21.8. The first-order valence-corrected chi connectivity index (χ1v) is 10.00. The standard InChI is InChI=1S/C22H22ClN3O4/c1-3-18(16-9-11-17(23)12-10-16)24-19(27)13-25-20(28)21(29)26(22(25)30)14(2)15-7-5-4-6-8-15/h4-12,14,18H,3,13H2,1-2H3,(H,24,27)/t14-,18+/m0/s1. The van der Waals surface area contributed by atoms with Crippen LogP contribution >= 0.6 is 11.6 Å². The van der Waals surface area contributed by atoms with Crippen LogP contribution in [0.4, 0.5) is 4.79 Å². The normalized spacial score (nSPS) is 16.0. The zero-order valence-electron chi connectivity index (χ0n) is 16.7. The van der Waals surface area contributed by atoms with Gasteiger partial charge in [-0.15, -0.1) is 0 Å². The van der Waals surface area contributed by atoms with Crippen molar-refractivity contribution in [2.45, 2.75) is 32.4 Å². The fourth-order valence-corrected chi connectivity index (χ4v) is 3.51. The van der Waals surface area contributed by atoms with Gasteiger partial charge in [-0.25, -0.2) is 14.6 Å². The first-order chi connectivity index (χ1) is 14.3. The predicted molar refractivity (Wildman–Crippen MR) is 111 cm³/mol. The molecule has 1 aliphatic rings. The lowest BCUT2D eigenvalue weighted by Crippen LogP contribution is -2.42. The van der Waals surface area contributed by atoms with Gasteiger partial charge >= 0.3 is 17.8 Å². The van der Waals surface area contributed by atoms with Gasteiger partial charge in [0, 0.05) is 5.02 Å². The number of imide groups is 2. The molecule has 8 heteroatoms. The van der Waals surface area contributed by atoms with Crippen molar-refractivity contribution in [3.63, 3.8) is 0 Å². The van der Waals surface area contributed by atoms with E-state index < -0.39 is 36.3 Å². The van der Waals surface area contributed by atoms with Crippen LogP contribution in [0.3, 0.4) is 0 Å². The van der Waals surface area contributed by atoms with Crippen LogP contribution in [-0.2, 0) is 14.4 Å². The van der Waals surface area contributed by atoms with Crippen molar-refractivity contribution >= 4 is 35.4 Å². The Morgan fingerprint density at radius 2 is 1.60 bits per heavy atom. The quantitative estimate of drug-likeness (QED) is 0.541. The van der Waals surface area contributed by atoms with E-state index in [1.165, 1.54) is 0 Å². The Balaban J connectivity index is 1.70. The molecular formula is C22H22ClN3O4. The topological polar surface area (TPSA) is 86.8 Å². The molecule has 7 nitrogen and oxygen atoms in total. The summed E-state index contributed by atoms with van der Waals surface area (Å²) >= 11 is 5.90. The van der Waals surface area contributed by atoms with Gasteiger partial charge in [0.05, 0.1) is 12.1 Å². The Bertz CT molecular complexity index is 962. The first kappa shape index (κ1) is 21.5. The summed E-state index contributed by atoms with van der Waals surface area (Å²) in [5.41, 5.74) is 1.57. The summed E-state index contributed by atoms with van der Waals surface area (Å²) < 4.78 is 0. The highest BCUT2D eigenvalue weighted by Crippen LogP contribution is 2.26.